The minimum absolute atomic E-state index is 0.165. The summed E-state index contributed by atoms with van der Waals surface area (Å²) in [7, 11) is -1.64. The molecule has 1 amide bonds. The minimum atomic E-state index is -3.49. The zero-order valence-corrected chi connectivity index (χ0v) is 15.7. The number of halogens is 1. The Labute approximate surface area is 156 Å². The molecule has 2 aromatic carbocycles. The molecule has 3 rings (SSSR count). The fourth-order valence-electron chi connectivity index (χ4n) is 2.53. The van der Waals surface area contributed by atoms with Crippen molar-refractivity contribution in [3.63, 3.8) is 0 Å². The molecule has 3 aromatic rings. The largest absolute Gasteiger partial charge is 0.348 e. The van der Waals surface area contributed by atoms with E-state index in [0.717, 1.165) is 22.7 Å². The molecule has 136 valence electrons. The van der Waals surface area contributed by atoms with E-state index in [-0.39, 0.29) is 16.6 Å². The highest BCUT2D eigenvalue weighted by Gasteiger charge is 2.12. The second-order valence-corrected chi connectivity index (χ2v) is 8.07. The third-order valence-corrected chi connectivity index (χ3v) is 4.71. The van der Waals surface area contributed by atoms with Gasteiger partial charge in [0.15, 0.2) is 0 Å². The molecule has 0 spiro atoms. The van der Waals surface area contributed by atoms with E-state index in [9.17, 15) is 13.2 Å². The smallest absolute Gasteiger partial charge is 0.251 e. The van der Waals surface area contributed by atoms with Crippen molar-refractivity contribution in [1.29, 1.82) is 0 Å². The highest BCUT2D eigenvalue weighted by atomic mass is 35.5. The number of nitrogens with one attached hydrogen (secondary N) is 2. The van der Waals surface area contributed by atoms with E-state index >= 15 is 0 Å². The Balaban J connectivity index is 1.75. The number of fused-ring (bicyclic) bond motifs is 1. The second-order valence-electron chi connectivity index (χ2n) is 5.91. The van der Waals surface area contributed by atoms with E-state index < -0.39 is 10.0 Å². The molecule has 0 saturated carbocycles. The van der Waals surface area contributed by atoms with E-state index in [2.05, 4.69) is 15.1 Å². The van der Waals surface area contributed by atoms with Gasteiger partial charge in [0.1, 0.15) is 0 Å². The molecule has 0 aliphatic rings. The summed E-state index contributed by atoms with van der Waals surface area (Å²) in [5.74, 6) is -0.330. The number of rotatable bonds is 5. The summed E-state index contributed by atoms with van der Waals surface area (Å²) in [6, 6.07) is 10.2. The van der Waals surface area contributed by atoms with Gasteiger partial charge in [0.2, 0.25) is 10.0 Å². The first-order valence-corrected chi connectivity index (χ1v) is 9.96. The number of aromatic nitrogens is 2. The number of carbonyl (C=O) groups excluding carboxylic acids is 1. The number of hydrogen-bond acceptors (Lipinski definition) is 4. The summed E-state index contributed by atoms with van der Waals surface area (Å²) in [4.78, 5) is 12.4. The lowest BCUT2D eigenvalue weighted by atomic mass is 10.1. The summed E-state index contributed by atoms with van der Waals surface area (Å²) in [6.45, 7) is 0.331. The zero-order valence-electron chi connectivity index (χ0n) is 14.2. The first kappa shape index (κ1) is 18.2. The van der Waals surface area contributed by atoms with Gasteiger partial charge in [0.05, 0.1) is 28.7 Å². The minimum Gasteiger partial charge on any atom is -0.348 e. The summed E-state index contributed by atoms with van der Waals surface area (Å²) < 4.78 is 26.8. The molecular formula is C17H17ClN4O3S. The van der Waals surface area contributed by atoms with Crippen LogP contribution in [0.25, 0.3) is 10.9 Å². The van der Waals surface area contributed by atoms with Crippen LogP contribution in [0, 0.1) is 0 Å². The van der Waals surface area contributed by atoms with Crippen LogP contribution in [0.3, 0.4) is 0 Å². The van der Waals surface area contributed by atoms with Crippen molar-refractivity contribution < 1.29 is 13.2 Å². The second kappa shape index (κ2) is 6.97. The summed E-state index contributed by atoms with van der Waals surface area (Å²) >= 11 is 5.97. The van der Waals surface area contributed by atoms with Crippen LogP contribution in [0.2, 0.25) is 5.02 Å². The summed E-state index contributed by atoms with van der Waals surface area (Å²) in [5.41, 5.74) is 2.38. The average Bonchev–Trinajstić information content (AvgIpc) is 2.94. The zero-order chi connectivity index (χ0) is 18.9. The molecule has 0 unspecified atom stereocenters. The van der Waals surface area contributed by atoms with E-state index in [1.54, 1.807) is 10.9 Å². The van der Waals surface area contributed by atoms with Gasteiger partial charge in [-0.2, -0.15) is 5.10 Å². The molecule has 0 fully saturated rings. The van der Waals surface area contributed by atoms with Crippen molar-refractivity contribution in [2.75, 3.05) is 11.0 Å². The van der Waals surface area contributed by atoms with Crippen molar-refractivity contribution in [2.24, 2.45) is 7.05 Å². The Kier molecular flexibility index (Phi) is 4.88. The standard InChI is InChI=1S/C17H17ClN4O3S/c1-22-16-7-11(3-4-13(16)10-20-22)9-19-17(23)12-5-6-14(18)15(8-12)21-26(2,24)25/h3-8,10,21H,9H2,1-2H3,(H,19,23). The number of anilines is 1. The Bertz CT molecular complexity index is 1090. The van der Waals surface area contributed by atoms with Gasteiger partial charge >= 0.3 is 0 Å². The quantitative estimate of drug-likeness (QED) is 0.697. The first-order chi connectivity index (χ1) is 12.2. The molecule has 1 heterocycles. The number of carbonyl (C=O) groups is 1. The predicted molar refractivity (Wildman–Crippen MR) is 102 cm³/mol. The normalized spacial score (nSPS) is 11.5. The highest BCUT2D eigenvalue weighted by Crippen LogP contribution is 2.24. The molecule has 9 heteroatoms. The van der Waals surface area contributed by atoms with Gasteiger partial charge in [-0.1, -0.05) is 23.7 Å². The van der Waals surface area contributed by atoms with Gasteiger partial charge in [-0.25, -0.2) is 8.42 Å². The maximum Gasteiger partial charge on any atom is 0.251 e. The Morgan fingerprint density at radius 3 is 2.73 bits per heavy atom. The number of nitrogens with zero attached hydrogens (tertiary/aromatic N) is 2. The van der Waals surface area contributed by atoms with Gasteiger partial charge in [-0.05, 0) is 29.8 Å². The predicted octanol–water partition coefficient (Wildman–Crippen LogP) is 2.53. The van der Waals surface area contributed by atoms with Crippen LogP contribution in [-0.4, -0.2) is 30.4 Å². The van der Waals surface area contributed by atoms with Crippen LogP contribution in [0.15, 0.2) is 42.6 Å². The molecule has 0 bridgehead atoms. The monoisotopic (exact) mass is 392 g/mol. The van der Waals surface area contributed by atoms with Crippen LogP contribution < -0.4 is 10.0 Å². The fourth-order valence-corrected chi connectivity index (χ4v) is 3.32. The molecule has 1 aromatic heterocycles. The van der Waals surface area contributed by atoms with Crippen LogP contribution in [0.4, 0.5) is 5.69 Å². The summed E-state index contributed by atoms with van der Waals surface area (Å²) in [6.07, 6.45) is 2.80. The van der Waals surface area contributed by atoms with Crippen LogP contribution in [0.5, 0.6) is 0 Å². The third kappa shape index (κ3) is 4.14. The Hall–Kier alpha value is -2.58. The number of amides is 1. The van der Waals surface area contributed by atoms with E-state index in [0.29, 0.717) is 12.1 Å². The van der Waals surface area contributed by atoms with Crippen LogP contribution in [0.1, 0.15) is 15.9 Å². The molecule has 2 N–H and O–H groups in total. The van der Waals surface area contributed by atoms with Gasteiger partial charge in [0.25, 0.3) is 5.91 Å². The van der Waals surface area contributed by atoms with Crippen molar-refractivity contribution in [2.45, 2.75) is 6.54 Å². The average molecular weight is 393 g/mol. The topological polar surface area (TPSA) is 93.1 Å². The maximum absolute atomic E-state index is 12.4. The van der Waals surface area contributed by atoms with E-state index in [1.165, 1.54) is 18.2 Å². The lowest BCUT2D eigenvalue weighted by Gasteiger charge is -2.10. The Morgan fingerprint density at radius 2 is 2.00 bits per heavy atom. The number of hydrogen-bond donors (Lipinski definition) is 2. The molecule has 26 heavy (non-hydrogen) atoms. The molecule has 0 aliphatic carbocycles. The van der Waals surface area contributed by atoms with Gasteiger partial charge in [-0.3, -0.25) is 14.2 Å². The molecule has 0 aliphatic heterocycles. The number of sulfonamides is 1. The lowest BCUT2D eigenvalue weighted by Crippen LogP contribution is -2.23. The molecule has 0 atom stereocenters. The van der Waals surface area contributed by atoms with Crippen LogP contribution >= 0.6 is 11.6 Å². The molecular weight excluding hydrogens is 376 g/mol. The number of aryl methyl sites for hydroxylation is 1. The maximum atomic E-state index is 12.4. The molecule has 0 radical (unpaired) electrons. The van der Waals surface area contributed by atoms with Crippen molar-refractivity contribution in [3.8, 4) is 0 Å². The van der Waals surface area contributed by atoms with Crippen molar-refractivity contribution in [1.82, 2.24) is 15.1 Å². The van der Waals surface area contributed by atoms with Crippen LogP contribution in [-0.2, 0) is 23.6 Å². The van der Waals surface area contributed by atoms with Crippen molar-refractivity contribution >= 4 is 44.1 Å². The lowest BCUT2D eigenvalue weighted by molar-refractivity contribution is 0.0951. The highest BCUT2D eigenvalue weighted by molar-refractivity contribution is 7.92. The van der Waals surface area contributed by atoms with Crippen molar-refractivity contribution in [3.05, 3.63) is 58.7 Å². The summed E-state index contributed by atoms with van der Waals surface area (Å²) in [5, 5.41) is 8.24. The fraction of sp³-hybridized carbons (Fsp3) is 0.176. The first-order valence-electron chi connectivity index (χ1n) is 7.69. The van der Waals surface area contributed by atoms with E-state index in [4.69, 9.17) is 11.6 Å². The van der Waals surface area contributed by atoms with Gasteiger partial charge in [-0.15, -0.1) is 0 Å². The SMILES string of the molecule is Cn1ncc2ccc(CNC(=O)c3ccc(Cl)c(NS(C)(=O)=O)c3)cc21. The van der Waals surface area contributed by atoms with E-state index in [1.807, 2.05) is 25.2 Å². The van der Waals surface area contributed by atoms with Gasteiger partial charge in [0, 0.05) is 24.5 Å². The molecule has 7 nitrogen and oxygen atoms in total. The molecule has 0 saturated heterocycles. The Morgan fingerprint density at radius 1 is 1.23 bits per heavy atom. The van der Waals surface area contributed by atoms with Gasteiger partial charge < -0.3 is 5.32 Å². The third-order valence-electron chi connectivity index (χ3n) is 3.79. The number of benzene rings is 2.